The fourth-order valence-electron chi connectivity index (χ4n) is 0.957. The fraction of sp³-hybridized carbons (Fsp3) is 1.00. The van der Waals surface area contributed by atoms with Gasteiger partial charge >= 0.3 is 0 Å². The van der Waals surface area contributed by atoms with Crippen LogP contribution in [0.25, 0.3) is 0 Å². The van der Waals surface area contributed by atoms with Gasteiger partial charge in [-0.15, -0.1) is 0 Å². The molecule has 2 nitrogen and oxygen atoms in total. The van der Waals surface area contributed by atoms with Crippen molar-refractivity contribution in [2.45, 2.75) is 46.6 Å². The Bertz CT molecular complexity index is 83.6. The van der Waals surface area contributed by atoms with E-state index in [4.69, 9.17) is 9.78 Å². The van der Waals surface area contributed by atoms with E-state index in [-0.39, 0.29) is 6.10 Å². The Hall–Kier alpha value is -0.0800. The monoisotopic (exact) mass is 160 g/mol. The van der Waals surface area contributed by atoms with Crippen molar-refractivity contribution in [2.24, 2.45) is 5.92 Å². The zero-order chi connectivity index (χ0) is 8.69. The maximum absolute atomic E-state index is 5.06. The van der Waals surface area contributed by atoms with Gasteiger partial charge in [-0.25, -0.2) is 9.78 Å². The van der Waals surface area contributed by atoms with E-state index >= 15 is 0 Å². The van der Waals surface area contributed by atoms with Gasteiger partial charge in [-0.1, -0.05) is 20.3 Å². The predicted molar refractivity (Wildman–Crippen MR) is 46.2 cm³/mol. The van der Waals surface area contributed by atoms with E-state index in [0.29, 0.717) is 6.61 Å². The highest BCUT2D eigenvalue weighted by Gasteiger charge is 2.07. The smallest absolute Gasteiger partial charge is 0.0904 e. The van der Waals surface area contributed by atoms with Gasteiger partial charge in [0.2, 0.25) is 0 Å². The molecule has 0 aliphatic rings. The van der Waals surface area contributed by atoms with Crippen LogP contribution in [-0.4, -0.2) is 12.7 Å². The maximum Gasteiger partial charge on any atom is 0.0904 e. The van der Waals surface area contributed by atoms with Crippen molar-refractivity contribution in [3.8, 4) is 0 Å². The molecule has 11 heavy (non-hydrogen) atoms. The SMILES string of the molecule is CCOOC(C)CC(C)CC. The first-order chi connectivity index (χ1) is 5.20. The molecule has 68 valence electrons. The molecule has 0 aromatic rings. The highest BCUT2D eigenvalue weighted by molar-refractivity contribution is 4.54. The standard InChI is InChI=1S/C9H20O2/c1-5-8(3)7-9(4)11-10-6-2/h8-9H,5-7H2,1-4H3. The van der Waals surface area contributed by atoms with Crippen LogP contribution in [0.5, 0.6) is 0 Å². The average Bonchev–Trinajstić information content (AvgIpc) is 2.00. The van der Waals surface area contributed by atoms with E-state index in [1.165, 1.54) is 6.42 Å². The number of hydrogen-bond acceptors (Lipinski definition) is 2. The van der Waals surface area contributed by atoms with Gasteiger partial charge in [0.05, 0.1) is 12.7 Å². The molecule has 2 unspecified atom stereocenters. The molecule has 0 saturated heterocycles. The summed E-state index contributed by atoms with van der Waals surface area (Å²) in [5.74, 6) is 0.727. The van der Waals surface area contributed by atoms with Crippen molar-refractivity contribution in [2.75, 3.05) is 6.61 Å². The Morgan fingerprint density at radius 1 is 1.18 bits per heavy atom. The van der Waals surface area contributed by atoms with Gasteiger partial charge in [0.1, 0.15) is 0 Å². The minimum absolute atomic E-state index is 0.227. The van der Waals surface area contributed by atoms with Crippen molar-refractivity contribution in [1.82, 2.24) is 0 Å². The third-order valence-electron chi connectivity index (χ3n) is 1.78. The summed E-state index contributed by atoms with van der Waals surface area (Å²) >= 11 is 0. The molecule has 0 amide bonds. The normalized spacial score (nSPS) is 16.4. The fourth-order valence-corrected chi connectivity index (χ4v) is 0.957. The second-order valence-corrected chi connectivity index (χ2v) is 3.06. The molecule has 0 aliphatic heterocycles. The first-order valence-corrected chi connectivity index (χ1v) is 4.48. The van der Waals surface area contributed by atoms with E-state index in [2.05, 4.69) is 13.8 Å². The first kappa shape index (κ1) is 10.9. The zero-order valence-electron chi connectivity index (χ0n) is 8.09. The Kier molecular flexibility index (Phi) is 6.57. The molecular formula is C9H20O2. The minimum Gasteiger partial charge on any atom is -0.237 e. The van der Waals surface area contributed by atoms with Crippen molar-refractivity contribution < 1.29 is 9.78 Å². The number of rotatable bonds is 6. The van der Waals surface area contributed by atoms with Gasteiger partial charge in [-0.3, -0.25) is 0 Å². The van der Waals surface area contributed by atoms with E-state index in [0.717, 1.165) is 12.3 Å². The molecule has 0 saturated carbocycles. The van der Waals surface area contributed by atoms with Gasteiger partial charge in [-0.2, -0.15) is 0 Å². The summed E-state index contributed by atoms with van der Waals surface area (Å²) in [7, 11) is 0. The van der Waals surface area contributed by atoms with E-state index in [1.54, 1.807) is 0 Å². The van der Waals surface area contributed by atoms with Gasteiger partial charge in [0, 0.05) is 0 Å². The molecule has 0 radical (unpaired) electrons. The largest absolute Gasteiger partial charge is 0.237 e. The number of hydrogen-bond donors (Lipinski definition) is 0. The lowest BCUT2D eigenvalue weighted by atomic mass is 10.0. The summed E-state index contributed by atoms with van der Waals surface area (Å²) in [6.45, 7) is 9.02. The molecule has 0 N–H and O–H groups in total. The van der Waals surface area contributed by atoms with E-state index in [1.807, 2.05) is 13.8 Å². The van der Waals surface area contributed by atoms with E-state index < -0.39 is 0 Å². The van der Waals surface area contributed by atoms with Crippen LogP contribution in [0.3, 0.4) is 0 Å². The second kappa shape index (κ2) is 6.62. The second-order valence-electron chi connectivity index (χ2n) is 3.06. The average molecular weight is 160 g/mol. The lowest BCUT2D eigenvalue weighted by Crippen LogP contribution is -2.12. The Morgan fingerprint density at radius 3 is 2.27 bits per heavy atom. The van der Waals surface area contributed by atoms with Gasteiger partial charge in [0.15, 0.2) is 0 Å². The zero-order valence-corrected chi connectivity index (χ0v) is 8.09. The Labute approximate surface area is 69.8 Å². The predicted octanol–water partition coefficient (Wildman–Crippen LogP) is 2.78. The lowest BCUT2D eigenvalue weighted by molar-refractivity contribution is -0.320. The molecule has 0 aromatic heterocycles. The maximum atomic E-state index is 5.06. The third-order valence-corrected chi connectivity index (χ3v) is 1.78. The van der Waals surface area contributed by atoms with E-state index in [9.17, 15) is 0 Å². The Morgan fingerprint density at radius 2 is 1.82 bits per heavy atom. The Balaban J connectivity index is 3.27. The van der Waals surface area contributed by atoms with Crippen molar-refractivity contribution in [3.63, 3.8) is 0 Å². The molecule has 2 heteroatoms. The van der Waals surface area contributed by atoms with Crippen LogP contribution in [0.1, 0.15) is 40.5 Å². The quantitative estimate of drug-likeness (QED) is 0.439. The molecule has 0 fully saturated rings. The van der Waals surface area contributed by atoms with Crippen LogP contribution >= 0.6 is 0 Å². The molecule has 0 bridgehead atoms. The summed E-state index contributed by atoms with van der Waals surface area (Å²) < 4.78 is 0. The molecule has 0 spiro atoms. The van der Waals surface area contributed by atoms with Crippen LogP contribution < -0.4 is 0 Å². The van der Waals surface area contributed by atoms with Crippen molar-refractivity contribution in [3.05, 3.63) is 0 Å². The summed E-state index contributed by atoms with van der Waals surface area (Å²) in [5.41, 5.74) is 0. The van der Waals surface area contributed by atoms with Crippen LogP contribution in [0.4, 0.5) is 0 Å². The summed E-state index contributed by atoms with van der Waals surface area (Å²) in [5, 5.41) is 0. The summed E-state index contributed by atoms with van der Waals surface area (Å²) in [6, 6.07) is 0. The van der Waals surface area contributed by atoms with Crippen molar-refractivity contribution >= 4 is 0 Å². The summed E-state index contributed by atoms with van der Waals surface area (Å²) in [6.07, 6.45) is 2.51. The van der Waals surface area contributed by atoms with Crippen LogP contribution in [-0.2, 0) is 9.78 Å². The third kappa shape index (κ3) is 6.32. The van der Waals surface area contributed by atoms with Gasteiger partial charge < -0.3 is 0 Å². The summed E-state index contributed by atoms with van der Waals surface area (Å²) in [4.78, 5) is 9.90. The lowest BCUT2D eigenvalue weighted by Gasteiger charge is -2.14. The van der Waals surface area contributed by atoms with Gasteiger partial charge in [0.25, 0.3) is 0 Å². The molecule has 0 rings (SSSR count). The van der Waals surface area contributed by atoms with Crippen LogP contribution in [0.2, 0.25) is 0 Å². The van der Waals surface area contributed by atoms with Crippen molar-refractivity contribution in [1.29, 1.82) is 0 Å². The topological polar surface area (TPSA) is 18.5 Å². The molecule has 2 atom stereocenters. The molecule has 0 aromatic carbocycles. The highest BCUT2D eigenvalue weighted by Crippen LogP contribution is 2.11. The van der Waals surface area contributed by atoms with Crippen LogP contribution in [0.15, 0.2) is 0 Å². The molecular weight excluding hydrogens is 140 g/mol. The molecule has 0 heterocycles. The first-order valence-electron chi connectivity index (χ1n) is 4.48. The van der Waals surface area contributed by atoms with Crippen LogP contribution in [0, 0.1) is 5.92 Å². The minimum atomic E-state index is 0.227. The molecule has 0 aliphatic carbocycles. The highest BCUT2D eigenvalue weighted by atomic mass is 17.2. The van der Waals surface area contributed by atoms with Gasteiger partial charge in [-0.05, 0) is 26.2 Å².